The molecule has 0 aliphatic carbocycles. The highest BCUT2D eigenvalue weighted by molar-refractivity contribution is 5.90. The predicted octanol–water partition coefficient (Wildman–Crippen LogP) is 2.92. The number of amides is 2. The van der Waals surface area contributed by atoms with Crippen molar-refractivity contribution in [2.24, 2.45) is 0 Å². The van der Waals surface area contributed by atoms with Crippen LogP contribution in [0, 0.1) is 0 Å². The Morgan fingerprint density at radius 1 is 1.12 bits per heavy atom. The number of hydrogen-bond acceptors (Lipinski definition) is 3. The highest BCUT2D eigenvalue weighted by Gasteiger charge is 2.06. The summed E-state index contributed by atoms with van der Waals surface area (Å²) in [5.41, 5.74) is 3.52. The van der Waals surface area contributed by atoms with Crippen molar-refractivity contribution in [3.63, 3.8) is 0 Å². The molecule has 0 aromatic heterocycles. The zero-order chi connectivity index (χ0) is 17.4. The quantitative estimate of drug-likeness (QED) is 0.685. The van der Waals surface area contributed by atoms with Gasteiger partial charge in [-0.1, -0.05) is 36.4 Å². The fourth-order valence-corrected chi connectivity index (χ4v) is 2.48. The van der Waals surface area contributed by atoms with Gasteiger partial charge in [-0.25, -0.2) is 4.79 Å². The minimum atomic E-state index is -0.207. The van der Waals surface area contributed by atoms with Gasteiger partial charge in [-0.05, 0) is 55.9 Å². The maximum atomic E-state index is 12.0. The van der Waals surface area contributed by atoms with Crippen molar-refractivity contribution in [3.8, 4) is 11.1 Å². The largest absolute Gasteiger partial charge is 0.392 e. The molecular formula is C19H25N3O2. The number of carbonyl (C=O) groups excluding carboxylic acids is 1. The summed E-state index contributed by atoms with van der Waals surface area (Å²) in [7, 11) is 4.02. The first-order valence-electron chi connectivity index (χ1n) is 8.09. The highest BCUT2D eigenvalue weighted by Crippen LogP contribution is 2.26. The van der Waals surface area contributed by atoms with Crippen molar-refractivity contribution in [3.05, 3.63) is 54.1 Å². The minimum Gasteiger partial charge on any atom is -0.392 e. The summed E-state index contributed by atoms with van der Waals surface area (Å²) in [6.07, 6.45) is 0.907. The Kier molecular flexibility index (Phi) is 6.78. The van der Waals surface area contributed by atoms with E-state index in [9.17, 15) is 9.90 Å². The summed E-state index contributed by atoms with van der Waals surface area (Å²) in [5.74, 6) is 0. The molecule has 2 aromatic rings. The molecule has 2 amide bonds. The minimum absolute atomic E-state index is 0.0137. The van der Waals surface area contributed by atoms with E-state index in [0.717, 1.165) is 35.3 Å². The van der Waals surface area contributed by atoms with Gasteiger partial charge < -0.3 is 20.6 Å². The maximum Gasteiger partial charge on any atom is 0.319 e. The number of nitrogens with zero attached hydrogens (tertiary/aromatic N) is 1. The lowest BCUT2D eigenvalue weighted by Gasteiger charge is -2.12. The molecule has 0 bridgehead atoms. The molecule has 2 aromatic carbocycles. The van der Waals surface area contributed by atoms with Gasteiger partial charge in [0.05, 0.1) is 6.61 Å². The van der Waals surface area contributed by atoms with Crippen LogP contribution in [0.5, 0.6) is 0 Å². The Balaban J connectivity index is 1.99. The standard InChI is InChI=1S/C19H25N3O2/c1-22(2)12-6-11-20-19(24)21-17-9-5-8-15(13-17)18-10-4-3-7-16(18)14-23/h3-5,7-10,13,23H,6,11-12,14H2,1-2H3,(H2,20,21,24). The number of anilines is 1. The van der Waals surface area contributed by atoms with Crippen LogP contribution in [0.25, 0.3) is 11.1 Å². The van der Waals surface area contributed by atoms with Gasteiger partial charge in [0.1, 0.15) is 0 Å². The predicted molar refractivity (Wildman–Crippen MR) is 98.0 cm³/mol. The molecule has 2 rings (SSSR count). The van der Waals surface area contributed by atoms with Gasteiger partial charge in [-0.3, -0.25) is 0 Å². The monoisotopic (exact) mass is 327 g/mol. The van der Waals surface area contributed by atoms with Crippen LogP contribution in [0.2, 0.25) is 0 Å². The molecule has 5 nitrogen and oxygen atoms in total. The average Bonchev–Trinajstić information content (AvgIpc) is 2.59. The molecule has 0 radical (unpaired) electrons. The summed E-state index contributed by atoms with van der Waals surface area (Å²) in [6.45, 7) is 1.56. The maximum absolute atomic E-state index is 12.0. The third-order valence-electron chi connectivity index (χ3n) is 3.69. The van der Waals surface area contributed by atoms with Crippen molar-refractivity contribution in [2.75, 3.05) is 32.5 Å². The molecule has 0 unspecified atom stereocenters. The summed E-state index contributed by atoms with van der Waals surface area (Å²) >= 11 is 0. The second-order valence-corrected chi connectivity index (χ2v) is 5.93. The molecule has 0 aliphatic rings. The molecule has 24 heavy (non-hydrogen) atoms. The smallest absolute Gasteiger partial charge is 0.319 e. The number of carbonyl (C=O) groups is 1. The van der Waals surface area contributed by atoms with Crippen molar-refractivity contribution >= 4 is 11.7 Å². The SMILES string of the molecule is CN(C)CCCNC(=O)Nc1cccc(-c2ccccc2CO)c1. The van der Waals surface area contributed by atoms with Crippen LogP contribution >= 0.6 is 0 Å². The Morgan fingerprint density at radius 3 is 2.67 bits per heavy atom. The zero-order valence-electron chi connectivity index (χ0n) is 14.2. The van der Waals surface area contributed by atoms with Gasteiger partial charge in [-0.2, -0.15) is 0 Å². The first-order chi connectivity index (χ1) is 11.6. The second-order valence-electron chi connectivity index (χ2n) is 5.93. The Morgan fingerprint density at radius 2 is 1.92 bits per heavy atom. The van der Waals surface area contributed by atoms with Crippen LogP contribution in [-0.4, -0.2) is 43.2 Å². The third kappa shape index (κ3) is 5.37. The summed E-state index contributed by atoms with van der Waals surface area (Å²) < 4.78 is 0. The lowest BCUT2D eigenvalue weighted by atomic mass is 10.00. The molecule has 0 fully saturated rings. The molecule has 3 N–H and O–H groups in total. The van der Waals surface area contributed by atoms with Gasteiger partial charge in [0.2, 0.25) is 0 Å². The summed E-state index contributed by atoms with van der Waals surface area (Å²) in [4.78, 5) is 14.0. The van der Waals surface area contributed by atoms with Crippen molar-refractivity contribution in [2.45, 2.75) is 13.0 Å². The molecule has 0 atom stereocenters. The molecule has 128 valence electrons. The van der Waals surface area contributed by atoms with Crippen molar-refractivity contribution in [1.82, 2.24) is 10.2 Å². The number of rotatable bonds is 7. The first-order valence-corrected chi connectivity index (χ1v) is 8.09. The van der Waals surface area contributed by atoms with E-state index in [1.54, 1.807) is 0 Å². The topological polar surface area (TPSA) is 64.6 Å². The Bertz CT molecular complexity index is 671. The van der Waals surface area contributed by atoms with Crippen LogP contribution in [0.15, 0.2) is 48.5 Å². The van der Waals surface area contributed by atoms with Gasteiger partial charge in [0.15, 0.2) is 0 Å². The van der Waals surface area contributed by atoms with E-state index in [2.05, 4.69) is 15.5 Å². The highest BCUT2D eigenvalue weighted by atomic mass is 16.3. The van der Waals surface area contributed by atoms with Gasteiger partial charge >= 0.3 is 6.03 Å². The van der Waals surface area contributed by atoms with E-state index < -0.39 is 0 Å². The van der Waals surface area contributed by atoms with Gasteiger partial charge in [-0.15, -0.1) is 0 Å². The van der Waals surface area contributed by atoms with E-state index >= 15 is 0 Å². The number of urea groups is 1. The van der Waals surface area contributed by atoms with Crippen molar-refractivity contribution in [1.29, 1.82) is 0 Å². The number of nitrogens with one attached hydrogen (secondary N) is 2. The van der Waals surface area contributed by atoms with Crippen LogP contribution in [0.3, 0.4) is 0 Å². The lowest BCUT2D eigenvalue weighted by Crippen LogP contribution is -2.31. The fourth-order valence-electron chi connectivity index (χ4n) is 2.48. The molecule has 0 aliphatic heterocycles. The first kappa shape index (κ1) is 18.0. The second kappa shape index (κ2) is 9.05. The fraction of sp³-hybridized carbons (Fsp3) is 0.316. The van der Waals surface area contributed by atoms with Crippen LogP contribution in [0.4, 0.5) is 10.5 Å². The summed E-state index contributed by atoms with van der Waals surface area (Å²) in [6, 6.07) is 15.1. The number of hydrogen-bond donors (Lipinski definition) is 3. The van der Waals surface area contributed by atoms with Gasteiger partial charge in [0, 0.05) is 12.2 Å². The van der Waals surface area contributed by atoms with Crippen molar-refractivity contribution < 1.29 is 9.90 Å². The lowest BCUT2D eigenvalue weighted by molar-refractivity contribution is 0.251. The molecule has 5 heteroatoms. The third-order valence-corrected chi connectivity index (χ3v) is 3.69. The van der Waals surface area contributed by atoms with Gasteiger partial charge in [0.25, 0.3) is 0 Å². The normalized spacial score (nSPS) is 10.7. The number of aliphatic hydroxyl groups is 1. The van der Waals surface area contributed by atoms with Crippen LogP contribution in [-0.2, 0) is 6.61 Å². The Labute approximate surface area is 143 Å². The zero-order valence-corrected chi connectivity index (χ0v) is 14.2. The van der Waals surface area contributed by atoms with E-state index in [4.69, 9.17) is 0 Å². The van der Waals surface area contributed by atoms with E-state index in [1.807, 2.05) is 62.6 Å². The van der Waals surface area contributed by atoms with Crippen LogP contribution in [0.1, 0.15) is 12.0 Å². The van der Waals surface area contributed by atoms with E-state index in [-0.39, 0.29) is 12.6 Å². The number of aliphatic hydroxyl groups excluding tert-OH is 1. The van der Waals surface area contributed by atoms with E-state index in [0.29, 0.717) is 6.54 Å². The molecule has 0 saturated heterocycles. The number of benzene rings is 2. The molecule has 0 heterocycles. The average molecular weight is 327 g/mol. The summed E-state index contributed by atoms with van der Waals surface area (Å²) in [5, 5.41) is 15.2. The van der Waals surface area contributed by atoms with Crippen LogP contribution < -0.4 is 10.6 Å². The van der Waals surface area contributed by atoms with E-state index in [1.165, 1.54) is 0 Å². The Hall–Kier alpha value is -2.37. The molecule has 0 spiro atoms. The molecular weight excluding hydrogens is 302 g/mol. The molecule has 0 saturated carbocycles.